The summed E-state index contributed by atoms with van der Waals surface area (Å²) in [6, 6.07) is 5.63. The van der Waals surface area contributed by atoms with Crippen molar-refractivity contribution in [3.63, 3.8) is 0 Å². The number of hydrogen-bond donors (Lipinski definition) is 0. The standard InChI is InChI=1S/C19H20O5/c1-2-23-18(22)17(21)14-10-19(7-8-19)15-6-5-12(24-11-3-4-11)9-13(15)16(14)20/h5-6,9,11,14H,2-4,7-8,10H2,1H3. The maximum Gasteiger partial charge on any atom is 0.375 e. The van der Waals surface area contributed by atoms with Crippen molar-refractivity contribution in [1.82, 2.24) is 0 Å². The lowest BCUT2D eigenvalue weighted by atomic mass is 9.72. The fourth-order valence-electron chi connectivity index (χ4n) is 3.60. The lowest BCUT2D eigenvalue weighted by molar-refractivity contribution is -0.154. The Kier molecular flexibility index (Phi) is 3.48. The van der Waals surface area contributed by atoms with Gasteiger partial charge in [0.1, 0.15) is 5.75 Å². The van der Waals surface area contributed by atoms with Gasteiger partial charge in [-0.2, -0.15) is 0 Å². The molecule has 5 heteroatoms. The van der Waals surface area contributed by atoms with Gasteiger partial charge in [0.15, 0.2) is 5.78 Å². The van der Waals surface area contributed by atoms with Crippen LogP contribution in [0.25, 0.3) is 0 Å². The van der Waals surface area contributed by atoms with Crippen molar-refractivity contribution in [2.24, 2.45) is 5.92 Å². The van der Waals surface area contributed by atoms with Gasteiger partial charge in [-0.15, -0.1) is 0 Å². The molecule has 0 aliphatic heterocycles. The minimum atomic E-state index is -0.921. The summed E-state index contributed by atoms with van der Waals surface area (Å²) < 4.78 is 10.6. The lowest BCUT2D eigenvalue weighted by Crippen LogP contribution is -2.38. The second-order valence-electron chi connectivity index (χ2n) is 7.01. The van der Waals surface area contributed by atoms with E-state index in [0.717, 1.165) is 31.2 Å². The van der Waals surface area contributed by atoms with Crippen molar-refractivity contribution < 1.29 is 23.9 Å². The molecule has 0 N–H and O–H groups in total. The molecule has 0 heterocycles. The number of hydrogen-bond acceptors (Lipinski definition) is 5. The number of benzene rings is 1. The second-order valence-corrected chi connectivity index (χ2v) is 7.01. The van der Waals surface area contributed by atoms with Gasteiger partial charge in [0.25, 0.3) is 5.78 Å². The zero-order chi connectivity index (χ0) is 16.9. The molecule has 1 aromatic rings. The van der Waals surface area contributed by atoms with Gasteiger partial charge in [-0.1, -0.05) is 6.07 Å². The normalized spacial score (nSPS) is 23.5. The summed E-state index contributed by atoms with van der Waals surface area (Å²) in [4.78, 5) is 37.0. The largest absolute Gasteiger partial charge is 0.490 e. The molecular weight excluding hydrogens is 308 g/mol. The van der Waals surface area contributed by atoms with Crippen LogP contribution in [0.4, 0.5) is 0 Å². The Labute approximate surface area is 140 Å². The van der Waals surface area contributed by atoms with Crippen LogP contribution < -0.4 is 4.74 Å². The van der Waals surface area contributed by atoms with Crippen LogP contribution in [-0.4, -0.2) is 30.2 Å². The number of rotatable bonds is 5. The minimum absolute atomic E-state index is 0.131. The van der Waals surface area contributed by atoms with Gasteiger partial charge in [0.05, 0.1) is 18.6 Å². The van der Waals surface area contributed by atoms with Crippen molar-refractivity contribution >= 4 is 17.5 Å². The van der Waals surface area contributed by atoms with Crippen LogP contribution in [0.5, 0.6) is 5.75 Å². The maximum absolute atomic E-state index is 12.9. The molecule has 4 rings (SSSR count). The van der Waals surface area contributed by atoms with Crippen molar-refractivity contribution in [2.75, 3.05) is 6.61 Å². The predicted octanol–water partition coefficient (Wildman–Crippen LogP) is 2.59. The lowest BCUT2D eigenvalue weighted by Gasteiger charge is -2.29. The number of Topliss-reactive ketones (excluding diaryl/α,β-unsaturated/α-hetero) is 2. The molecule has 126 valence electrons. The molecule has 0 amide bonds. The third-order valence-electron chi connectivity index (χ3n) is 5.21. The molecule has 3 aliphatic carbocycles. The van der Waals surface area contributed by atoms with Gasteiger partial charge >= 0.3 is 5.97 Å². The minimum Gasteiger partial charge on any atom is -0.490 e. The summed E-state index contributed by atoms with van der Waals surface area (Å²) in [5, 5.41) is 0. The Morgan fingerprint density at radius 3 is 2.62 bits per heavy atom. The molecule has 2 saturated carbocycles. The first kappa shape index (κ1) is 15.4. The zero-order valence-electron chi connectivity index (χ0n) is 13.7. The predicted molar refractivity (Wildman–Crippen MR) is 85.1 cm³/mol. The van der Waals surface area contributed by atoms with E-state index in [1.807, 2.05) is 12.1 Å². The monoisotopic (exact) mass is 328 g/mol. The molecule has 2 fully saturated rings. The third-order valence-corrected chi connectivity index (χ3v) is 5.21. The average Bonchev–Trinajstić information content (AvgIpc) is 3.48. The van der Waals surface area contributed by atoms with Crippen molar-refractivity contribution in [1.29, 1.82) is 0 Å². The molecule has 24 heavy (non-hydrogen) atoms. The average molecular weight is 328 g/mol. The topological polar surface area (TPSA) is 69.7 Å². The van der Waals surface area contributed by atoms with E-state index in [9.17, 15) is 14.4 Å². The van der Waals surface area contributed by atoms with Gasteiger partial charge < -0.3 is 9.47 Å². The molecule has 1 aromatic carbocycles. The summed E-state index contributed by atoms with van der Waals surface area (Å²) in [7, 11) is 0. The Morgan fingerprint density at radius 2 is 2.00 bits per heavy atom. The van der Waals surface area contributed by atoms with E-state index in [4.69, 9.17) is 9.47 Å². The van der Waals surface area contributed by atoms with Crippen molar-refractivity contribution in [3.05, 3.63) is 29.3 Å². The van der Waals surface area contributed by atoms with Crippen LogP contribution in [0.1, 0.15) is 54.9 Å². The third kappa shape index (κ3) is 2.52. The number of esters is 1. The molecule has 5 nitrogen and oxygen atoms in total. The first-order valence-corrected chi connectivity index (χ1v) is 8.60. The van der Waals surface area contributed by atoms with Gasteiger partial charge in [0, 0.05) is 5.56 Å². The fourth-order valence-corrected chi connectivity index (χ4v) is 3.60. The van der Waals surface area contributed by atoms with Crippen LogP contribution in [0.3, 0.4) is 0 Å². The van der Waals surface area contributed by atoms with E-state index in [-0.39, 0.29) is 23.9 Å². The first-order chi connectivity index (χ1) is 11.5. The summed E-state index contributed by atoms with van der Waals surface area (Å²) in [5.74, 6) is -2.14. The van der Waals surface area contributed by atoms with Crippen LogP contribution >= 0.6 is 0 Å². The highest BCUT2D eigenvalue weighted by atomic mass is 16.5. The van der Waals surface area contributed by atoms with Crippen LogP contribution in [0.15, 0.2) is 18.2 Å². The Morgan fingerprint density at radius 1 is 1.25 bits per heavy atom. The van der Waals surface area contributed by atoms with Crippen LogP contribution in [-0.2, 0) is 19.7 Å². The number of fused-ring (bicyclic) bond motifs is 2. The van der Waals surface area contributed by atoms with Gasteiger partial charge in [-0.3, -0.25) is 9.59 Å². The number of ether oxygens (including phenoxy) is 2. The first-order valence-electron chi connectivity index (χ1n) is 8.60. The quantitative estimate of drug-likeness (QED) is 0.472. The number of ketones is 2. The van der Waals surface area contributed by atoms with Gasteiger partial charge in [0.2, 0.25) is 0 Å². The summed E-state index contributed by atoms with van der Waals surface area (Å²) in [6.45, 7) is 1.78. The summed E-state index contributed by atoms with van der Waals surface area (Å²) in [6.07, 6.45) is 4.64. The second kappa shape index (κ2) is 5.43. The molecule has 0 aromatic heterocycles. The van der Waals surface area contributed by atoms with E-state index < -0.39 is 17.7 Å². The molecule has 3 aliphatic rings. The molecule has 1 spiro atoms. The maximum atomic E-state index is 12.9. The molecule has 0 bridgehead atoms. The molecule has 1 unspecified atom stereocenters. The van der Waals surface area contributed by atoms with Crippen molar-refractivity contribution in [3.8, 4) is 5.75 Å². The van der Waals surface area contributed by atoms with Gasteiger partial charge in [-0.05, 0) is 62.1 Å². The SMILES string of the molecule is CCOC(=O)C(=O)C1CC2(CC2)c2ccc(OC3CC3)cc2C1=O. The highest BCUT2D eigenvalue weighted by Crippen LogP contribution is 2.57. The smallest absolute Gasteiger partial charge is 0.375 e. The van der Waals surface area contributed by atoms with Crippen LogP contribution in [0.2, 0.25) is 0 Å². The van der Waals surface area contributed by atoms with E-state index in [0.29, 0.717) is 17.7 Å². The van der Waals surface area contributed by atoms with E-state index >= 15 is 0 Å². The van der Waals surface area contributed by atoms with E-state index in [1.165, 1.54) is 0 Å². The Balaban J connectivity index is 1.66. The van der Waals surface area contributed by atoms with Gasteiger partial charge in [-0.25, -0.2) is 4.79 Å². The molecule has 1 atom stereocenters. The Hall–Kier alpha value is -2.17. The van der Waals surface area contributed by atoms with Crippen molar-refractivity contribution in [2.45, 2.75) is 50.5 Å². The molecule has 0 saturated heterocycles. The molecular formula is C19H20O5. The molecule has 0 radical (unpaired) electrons. The fraction of sp³-hybridized carbons (Fsp3) is 0.526. The number of carbonyl (C=O) groups is 3. The zero-order valence-corrected chi connectivity index (χ0v) is 13.7. The highest BCUT2D eigenvalue weighted by molar-refractivity contribution is 6.39. The van der Waals surface area contributed by atoms with E-state index in [1.54, 1.807) is 13.0 Å². The summed E-state index contributed by atoms with van der Waals surface area (Å²) >= 11 is 0. The summed E-state index contributed by atoms with van der Waals surface area (Å²) in [5.41, 5.74) is 1.41. The Bertz CT molecular complexity index is 727. The van der Waals surface area contributed by atoms with Crippen LogP contribution in [0, 0.1) is 5.92 Å². The van der Waals surface area contributed by atoms with E-state index in [2.05, 4.69) is 0 Å². The number of carbonyl (C=O) groups excluding carboxylic acids is 3. The highest BCUT2D eigenvalue weighted by Gasteiger charge is 2.54.